The van der Waals surface area contributed by atoms with Crippen molar-refractivity contribution in [3.63, 3.8) is 0 Å². The molecule has 0 bridgehead atoms. The first-order valence-corrected chi connectivity index (χ1v) is 3.44. The van der Waals surface area contributed by atoms with E-state index in [2.05, 4.69) is 10.1 Å². The highest BCUT2D eigenvalue weighted by Crippen LogP contribution is 2.19. The number of rotatable bonds is 0. The molecule has 2 aromatic rings. The summed E-state index contributed by atoms with van der Waals surface area (Å²) in [6, 6.07) is 0. The first-order valence-electron chi connectivity index (χ1n) is 2.56. The molecule has 0 amide bonds. The van der Waals surface area contributed by atoms with Crippen LogP contribution in [-0.4, -0.2) is 19.7 Å². The molecule has 52 valence electrons. The van der Waals surface area contributed by atoms with Gasteiger partial charge in [-0.1, -0.05) is 11.3 Å². The fraction of sp³-hybridized carbons (Fsp3) is 0. The van der Waals surface area contributed by atoms with Crippen molar-refractivity contribution in [2.24, 2.45) is 0 Å². The van der Waals surface area contributed by atoms with Crippen LogP contribution >= 0.6 is 11.3 Å². The number of anilines is 1. The molecule has 0 atom stereocenters. The second kappa shape index (κ2) is 1.60. The Kier molecular flexibility index (Phi) is 0.877. The third-order valence-electron chi connectivity index (χ3n) is 1.08. The largest absolute Gasteiger partial charge is 0.493 e. The van der Waals surface area contributed by atoms with Crippen LogP contribution in [0.3, 0.4) is 0 Å². The van der Waals surface area contributed by atoms with E-state index in [4.69, 9.17) is 10.8 Å². The zero-order valence-corrected chi connectivity index (χ0v) is 5.67. The molecule has 0 saturated heterocycles. The van der Waals surface area contributed by atoms with Crippen molar-refractivity contribution >= 4 is 22.2 Å². The lowest BCUT2D eigenvalue weighted by Gasteiger charge is -1.80. The van der Waals surface area contributed by atoms with Crippen molar-refractivity contribution in [2.45, 2.75) is 0 Å². The highest BCUT2D eigenvalue weighted by molar-refractivity contribution is 7.15. The minimum atomic E-state index is 0.0733. The van der Waals surface area contributed by atoms with Crippen molar-refractivity contribution in [1.29, 1.82) is 0 Å². The van der Waals surface area contributed by atoms with E-state index in [9.17, 15) is 0 Å². The predicted molar refractivity (Wildman–Crippen MR) is 36.9 cm³/mol. The standard InChI is InChI=1S/C4H4N4OS/c5-3-6-4-8(7-3)2(9)1-10-4/h1,9H,(H2,5,7). The molecule has 0 aliphatic heterocycles. The van der Waals surface area contributed by atoms with Crippen LogP contribution in [0.25, 0.3) is 4.96 Å². The zero-order chi connectivity index (χ0) is 7.14. The normalized spacial score (nSPS) is 10.8. The van der Waals surface area contributed by atoms with Gasteiger partial charge in [0.1, 0.15) is 0 Å². The topological polar surface area (TPSA) is 76.4 Å². The molecule has 0 radical (unpaired) electrons. The minimum Gasteiger partial charge on any atom is -0.493 e. The van der Waals surface area contributed by atoms with Gasteiger partial charge in [0.05, 0.1) is 5.38 Å². The molecule has 0 spiro atoms. The summed E-state index contributed by atoms with van der Waals surface area (Å²) in [4.78, 5) is 4.43. The average molecular weight is 156 g/mol. The Bertz CT molecular complexity index is 364. The van der Waals surface area contributed by atoms with Gasteiger partial charge in [-0.25, -0.2) is 0 Å². The summed E-state index contributed by atoms with van der Waals surface area (Å²) in [5, 5.41) is 14.3. The Morgan fingerprint density at radius 2 is 2.50 bits per heavy atom. The summed E-state index contributed by atoms with van der Waals surface area (Å²) in [5.74, 6) is 0.256. The fourth-order valence-electron chi connectivity index (χ4n) is 0.694. The van der Waals surface area contributed by atoms with E-state index in [-0.39, 0.29) is 11.8 Å². The molecular weight excluding hydrogens is 152 g/mol. The van der Waals surface area contributed by atoms with E-state index in [1.807, 2.05) is 0 Å². The molecule has 3 N–H and O–H groups in total. The van der Waals surface area contributed by atoms with Gasteiger partial charge >= 0.3 is 0 Å². The molecule has 0 aromatic carbocycles. The Morgan fingerprint density at radius 3 is 3.20 bits per heavy atom. The number of hydrogen-bond donors (Lipinski definition) is 2. The van der Waals surface area contributed by atoms with E-state index in [0.717, 1.165) is 0 Å². The van der Waals surface area contributed by atoms with Crippen molar-refractivity contribution in [3.05, 3.63) is 5.38 Å². The average Bonchev–Trinajstić information content (AvgIpc) is 2.35. The molecule has 10 heavy (non-hydrogen) atoms. The smallest absolute Gasteiger partial charge is 0.241 e. The van der Waals surface area contributed by atoms with Crippen LogP contribution in [0.15, 0.2) is 5.38 Å². The van der Waals surface area contributed by atoms with Crippen LogP contribution in [0.2, 0.25) is 0 Å². The lowest BCUT2D eigenvalue weighted by molar-refractivity contribution is 0.441. The zero-order valence-electron chi connectivity index (χ0n) is 4.85. The lowest BCUT2D eigenvalue weighted by Crippen LogP contribution is -1.87. The van der Waals surface area contributed by atoms with Crippen molar-refractivity contribution in [1.82, 2.24) is 14.6 Å². The number of nitrogen functional groups attached to an aromatic ring is 1. The first kappa shape index (κ1) is 5.48. The Balaban J connectivity index is 2.90. The molecule has 2 aromatic heterocycles. The number of nitrogens with zero attached hydrogens (tertiary/aromatic N) is 3. The number of aromatic nitrogens is 3. The summed E-state index contributed by atoms with van der Waals surface area (Å²) in [7, 11) is 0. The van der Waals surface area contributed by atoms with E-state index in [0.29, 0.717) is 4.96 Å². The summed E-state index contributed by atoms with van der Waals surface area (Å²) < 4.78 is 1.29. The molecule has 0 aliphatic rings. The van der Waals surface area contributed by atoms with Gasteiger partial charge in [-0.15, -0.1) is 5.10 Å². The molecule has 2 heterocycles. The van der Waals surface area contributed by atoms with Crippen molar-refractivity contribution in [3.8, 4) is 5.88 Å². The minimum absolute atomic E-state index is 0.0733. The predicted octanol–water partition coefficient (Wildman–Crippen LogP) is 0.0786. The molecule has 0 saturated carbocycles. The summed E-state index contributed by atoms with van der Waals surface area (Å²) in [5.41, 5.74) is 5.26. The monoisotopic (exact) mass is 156 g/mol. The quantitative estimate of drug-likeness (QED) is 0.566. The van der Waals surface area contributed by atoms with Gasteiger partial charge in [0.2, 0.25) is 16.8 Å². The molecule has 2 rings (SSSR count). The van der Waals surface area contributed by atoms with Crippen LogP contribution in [0.1, 0.15) is 0 Å². The molecular formula is C4H4N4OS. The molecule has 0 fully saturated rings. The maximum Gasteiger partial charge on any atom is 0.241 e. The highest BCUT2D eigenvalue weighted by atomic mass is 32.1. The van der Waals surface area contributed by atoms with Crippen LogP contribution in [0.5, 0.6) is 5.88 Å². The summed E-state index contributed by atoms with van der Waals surface area (Å²) in [6.07, 6.45) is 0. The van der Waals surface area contributed by atoms with Gasteiger partial charge in [0.15, 0.2) is 0 Å². The van der Waals surface area contributed by atoms with Crippen LogP contribution < -0.4 is 5.73 Å². The second-order valence-corrected chi connectivity index (χ2v) is 2.59. The first-order chi connectivity index (χ1) is 4.77. The SMILES string of the molecule is Nc1nc2scc(O)n2n1. The van der Waals surface area contributed by atoms with Gasteiger partial charge in [0, 0.05) is 0 Å². The van der Waals surface area contributed by atoms with E-state index >= 15 is 0 Å². The third-order valence-corrected chi connectivity index (χ3v) is 1.88. The van der Waals surface area contributed by atoms with E-state index in [1.165, 1.54) is 15.9 Å². The molecule has 6 heteroatoms. The van der Waals surface area contributed by atoms with Crippen molar-refractivity contribution in [2.75, 3.05) is 5.73 Å². The molecule has 5 nitrogen and oxygen atoms in total. The van der Waals surface area contributed by atoms with Crippen LogP contribution in [0.4, 0.5) is 5.95 Å². The van der Waals surface area contributed by atoms with Gasteiger partial charge in [-0.05, 0) is 0 Å². The second-order valence-electron chi connectivity index (χ2n) is 1.76. The highest BCUT2D eigenvalue weighted by Gasteiger charge is 2.04. The Labute approximate surface area is 59.7 Å². The number of nitrogens with two attached hydrogens (primary N) is 1. The van der Waals surface area contributed by atoms with Crippen molar-refractivity contribution < 1.29 is 5.11 Å². The van der Waals surface area contributed by atoms with Gasteiger partial charge in [-0.3, -0.25) is 0 Å². The number of thiazole rings is 1. The Hall–Kier alpha value is -1.30. The van der Waals surface area contributed by atoms with Crippen LogP contribution in [0, 0.1) is 0 Å². The fourth-order valence-corrected chi connectivity index (χ4v) is 1.38. The summed E-state index contributed by atoms with van der Waals surface area (Å²) >= 11 is 1.29. The Morgan fingerprint density at radius 1 is 1.70 bits per heavy atom. The van der Waals surface area contributed by atoms with E-state index < -0.39 is 0 Å². The maximum absolute atomic E-state index is 9.04. The van der Waals surface area contributed by atoms with Crippen LogP contribution in [-0.2, 0) is 0 Å². The summed E-state index contributed by atoms with van der Waals surface area (Å²) in [6.45, 7) is 0. The molecule has 0 aliphatic carbocycles. The maximum atomic E-state index is 9.04. The number of hydrogen-bond acceptors (Lipinski definition) is 5. The lowest BCUT2D eigenvalue weighted by atomic mass is 10.9. The number of fused-ring (bicyclic) bond motifs is 1. The third kappa shape index (κ3) is 0.561. The van der Waals surface area contributed by atoms with Gasteiger partial charge in [0.25, 0.3) is 0 Å². The van der Waals surface area contributed by atoms with E-state index in [1.54, 1.807) is 5.38 Å². The van der Waals surface area contributed by atoms with Gasteiger partial charge in [-0.2, -0.15) is 9.50 Å². The number of aromatic hydroxyl groups is 1. The molecule has 0 unspecified atom stereocenters. The van der Waals surface area contributed by atoms with Gasteiger partial charge < -0.3 is 10.8 Å².